The molecule has 0 aliphatic rings. The number of benzene rings is 4. The molecule has 4 aromatic carbocycles. The minimum absolute atomic E-state index is 0.235. The molecular weight excluding hydrogens is 362 g/mol. The molecule has 0 aliphatic carbocycles. The summed E-state index contributed by atoms with van der Waals surface area (Å²) in [5.41, 5.74) is 1.24. The van der Waals surface area contributed by atoms with Crippen molar-refractivity contribution in [2.24, 2.45) is 0 Å². The highest BCUT2D eigenvalue weighted by atomic mass is 16.5. The second kappa shape index (κ2) is 8.15. The van der Waals surface area contributed by atoms with E-state index in [-0.39, 0.29) is 12.5 Å². The third-order valence-corrected chi connectivity index (χ3v) is 4.94. The predicted octanol–water partition coefficient (Wildman–Crippen LogP) is 5.03. The predicted molar refractivity (Wildman–Crippen MR) is 115 cm³/mol. The third kappa shape index (κ3) is 3.69. The van der Waals surface area contributed by atoms with Crippen molar-refractivity contribution in [3.63, 3.8) is 0 Å². The molecule has 0 fully saturated rings. The third-order valence-electron chi connectivity index (χ3n) is 4.94. The Balaban J connectivity index is 1.91. The van der Waals surface area contributed by atoms with Crippen LogP contribution in [0.3, 0.4) is 0 Å². The fourth-order valence-corrected chi connectivity index (χ4v) is 3.64. The van der Waals surface area contributed by atoms with Gasteiger partial charge in [-0.2, -0.15) is 0 Å². The first-order valence-electron chi connectivity index (χ1n) is 9.62. The van der Waals surface area contributed by atoms with E-state index < -0.39 is 12.0 Å². The summed E-state index contributed by atoms with van der Waals surface area (Å²) in [4.78, 5) is 25.9. The summed E-state index contributed by atoms with van der Waals surface area (Å²) in [6, 6.07) is 25.8. The average Bonchev–Trinajstić information content (AvgIpc) is 2.76. The molecule has 0 radical (unpaired) electrons. The van der Waals surface area contributed by atoms with Crippen molar-refractivity contribution in [2.45, 2.75) is 13.0 Å². The molecule has 4 heteroatoms. The molecule has 0 heterocycles. The van der Waals surface area contributed by atoms with Gasteiger partial charge in [0.25, 0.3) is 5.91 Å². The Labute approximate surface area is 169 Å². The van der Waals surface area contributed by atoms with Crippen molar-refractivity contribution in [1.29, 1.82) is 0 Å². The molecule has 4 aromatic rings. The maximum absolute atomic E-state index is 13.0. The fraction of sp³-hybridized carbons (Fsp3) is 0.120. The maximum Gasteiger partial charge on any atom is 0.333 e. The Morgan fingerprint density at radius 2 is 1.38 bits per heavy atom. The minimum Gasteiger partial charge on any atom is -0.464 e. The molecule has 4 rings (SSSR count). The summed E-state index contributed by atoms with van der Waals surface area (Å²) in [6.45, 7) is 1.99. The van der Waals surface area contributed by atoms with E-state index in [4.69, 9.17) is 4.74 Å². The van der Waals surface area contributed by atoms with Crippen LogP contribution < -0.4 is 5.32 Å². The van der Waals surface area contributed by atoms with Crippen LogP contribution in [0.15, 0.2) is 84.9 Å². The summed E-state index contributed by atoms with van der Waals surface area (Å²) < 4.78 is 5.34. The highest BCUT2D eigenvalue weighted by Gasteiger charge is 2.28. The van der Waals surface area contributed by atoms with Gasteiger partial charge < -0.3 is 10.1 Å². The molecule has 144 valence electrons. The first-order chi connectivity index (χ1) is 14.2. The van der Waals surface area contributed by atoms with E-state index in [0.717, 1.165) is 27.1 Å². The second-order valence-corrected chi connectivity index (χ2v) is 6.76. The lowest BCUT2D eigenvalue weighted by molar-refractivity contribution is -0.145. The van der Waals surface area contributed by atoms with Gasteiger partial charge in [0.1, 0.15) is 0 Å². The quantitative estimate of drug-likeness (QED) is 0.389. The number of nitrogens with one attached hydrogen (secondary N) is 1. The van der Waals surface area contributed by atoms with Gasteiger partial charge in [-0.25, -0.2) is 4.79 Å². The SMILES string of the molecule is CCOC(=O)C(NC(=O)c1ccccc1)c1c2ccccc2cc2ccccc12. The van der Waals surface area contributed by atoms with Crippen molar-refractivity contribution < 1.29 is 14.3 Å². The van der Waals surface area contributed by atoms with Crippen LogP contribution in [0.4, 0.5) is 0 Å². The Hall–Kier alpha value is -3.66. The van der Waals surface area contributed by atoms with E-state index in [0.29, 0.717) is 5.56 Å². The first kappa shape index (κ1) is 18.7. The number of hydrogen-bond acceptors (Lipinski definition) is 3. The Bertz CT molecular complexity index is 1130. The van der Waals surface area contributed by atoms with Crippen LogP contribution in [0.2, 0.25) is 0 Å². The van der Waals surface area contributed by atoms with Crippen molar-refractivity contribution >= 4 is 33.4 Å². The molecule has 0 aromatic heterocycles. The van der Waals surface area contributed by atoms with E-state index in [2.05, 4.69) is 11.4 Å². The number of carbonyl (C=O) groups is 2. The number of esters is 1. The zero-order valence-corrected chi connectivity index (χ0v) is 16.1. The maximum atomic E-state index is 13.0. The lowest BCUT2D eigenvalue weighted by Crippen LogP contribution is -2.35. The second-order valence-electron chi connectivity index (χ2n) is 6.76. The van der Waals surface area contributed by atoms with E-state index in [9.17, 15) is 9.59 Å². The van der Waals surface area contributed by atoms with Crippen molar-refractivity contribution in [2.75, 3.05) is 6.61 Å². The topological polar surface area (TPSA) is 55.4 Å². The van der Waals surface area contributed by atoms with Crippen LogP contribution in [0, 0.1) is 0 Å². The van der Waals surface area contributed by atoms with Crippen molar-refractivity contribution in [3.05, 3.63) is 96.1 Å². The number of ether oxygens (including phenoxy) is 1. The molecule has 0 bridgehead atoms. The van der Waals surface area contributed by atoms with Gasteiger partial charge in [-0.15, -0.1) is 0 Å². The fourth-order valence-electron chi connectivity index (χ4n) is 3.64. The van der Waals surface area contributed by atoms with Crippen LogP contribution in [0.25, 0.3) is 21.5 Å². The van der Waals surface area contributed by atoms with Gasteiger partial charge in [0.15, 0.2) is 6.04 Å². The largest absolute Gasteiger partial charge is 0.464 e. The van der Waals surface area contributed by atoms with Crippen LogP contribution in [-0.2, 0) is 9.53 Å². The van der Waals surface area contributed by atoms with Gasteiger partial charge in [-0.3, -0.25) is 4.79 Å². The number of fused-ring (bicyclic) bond motifs is 2. The highest BCUT2D eigenvalue weighted by molar-refractivity contribution is 6.07. The van der Waals surface area contributed by atoms with Crippen LogP contribution in [0.5, 0.6) is 0 Å². The smallest absolute Gasteiger partial charge is 0.333 e. The van der Waals surface area contributed by atoms with Gasteiger partial charge in [0, 0.05) is 11.1 Å². The van der Waals surface area contributed by atoms with Gasteiger partial charge in [0.2, 0.25) is 0 Å². The molecule has 0 saturated heterocycles. The Kier molecular flexibility index (Phi) is 5.25. The zero-order valence-electron chi connectivity index (χ0n) is 16.1. The summed E-state index contributed by atoms with van der Waals surface area (Å²) in [5, 5.41) is 6.74. The average molecular weight is 383 g/mol. The molecule has 29 heavy (non-hydrogen) atoms. The zero-order chi connectivity index (χ0) is 20.2. The summed E-state index contributed by atoms with van der Waals surface area (Å²) >= 11 is 0. The lowest BCUT2D eigenvalue weighted by atomic mass is 9.92. The van der Waals surface area contributed by atoms with E-state index >= 15 is 0 Å². The molecule has 1 amide bonds. The number of hydrogen-bond donors (Lipinski definition) is 1. The van der Waals surface area contributed by atoms with Gasteiger partial charge in [-0.1, -0.05) is 66.7 Å². The molecule has 0 saturated carbocycles. The van der Waals surface area contributed by atoms with Crippen LogP contribution in [0.1, 0.15) is 28.9 Å². The van der Waals surface area contributed by atoms with Crippen molar-refractivity contribution in [1.82, 2.24) is 5.32 Å². The molecule has 4 nitrogen and oxygen atoms in total. The molecule has 0 aliphatic heterocycles. The Morgan fingerprint density at radius 3 is 1.97 bits per heavy atom. The number of amides is 1. The molecule has 0 spiro atoms. The van der Waals surface area contributed by atoms with E-state index in [1.807, 2.05) is 54.6 Å². The van der Waals surface area contributed by atoms with Gasteiger partial charge >= 0.3 is 5.97 Å². The Morgan fingerprint density at radius 1 is 0.828 bits per heavy atom. The standard InChI is InChI=1S/C25H21NO3/c1-2-29-25(28)23(26-24(27)17-10-4-3-5-11-17)22-20-14-8-6-12-18(20)16-19-13-7-9-15-21(19)22/h3-16,23H,2H2,1H3,(H,26,27). The minimum atomic E-state index is -0.918. The van der Waals surface area contributed by atoms with E-state index in [1.165, 1.54) is 0 Å². The summed E-state index contributed by atoms with van der Waals surface area (Å²) in [5.74, 6) is -0.793. The normalized spacial score (nSPS) is 11.9. The molecule has 1 atom stereocenters. The number of carbonyl (C=O) groups excluding carboxylic acids is 2. The molecule has 1 unspecified atom stereocenters. The molecular formula is C25H21NO3. The van der Waals surface area contributed by atoms with Gasteiger partial charge in [-0.05, 0) is 46.7 Å². The van der Waals surface area contributed by atoms with Gasteiger partial charge in [0.05, 0.1) is 6.61 Å². The summed E-state index contributed by atoms with van der Waals surface area (Å²) in [6.07, 6.45) is 0. The van der Waals surface area contributed by atoms with Crippen LogP contribution in [-0.4, -0.2) is 18.5 Å². The van der Waals surface area contributed by atoms with Crippen molar-refractivity contribution in [3.8, 4) is 0 Å². The highest BCUT2D eigenvalue weighted by Crippen LogP contribution is 2.33. The number of rotatable bonds is 5. The molecule has 1 N–H and O–H groups in total. The summed E-state index contributed by atoms with van der Waals surface area (Å²) in [7, 11) is 0. The van der Waals surface area contributed by atoms with E-state index in [1.54, 1.807) is 31.2 Å². The lowest BCUT2D eigenvalue weighted by Gasteiger charge is -2.21. The monoisotopic (exact) mass is 383 g/mol. The van der Waals surface area contributed by atoms with Crippen LogP contribution >= 0.6 is 0 Å². The first-order valence-corrected chi connectivity index (χ1v) is 9.62.